The van der Waals surface area contributed by atoms with Gasteiger partial charge in [0.2, 0.25) is 12.3 Å². The van der Waals surface area contributed by atoms with Crippen LogP contribution >= 0.6 is 11.6 Å². The first kappa shape index (κ1) is 15.2. The van der Waals surface area contributed by atoms with E-state index < -0.39 is 0 Å². The van der Waals surface area contributed by atoms with Gasteiger partial charge in [0.05, 0.1) is 0 Å². The molecule has 5 nitrogen and oxygen atoms in total. The van der Waals surface area contributed by atoms with E-state index in [1.165, 1.54) is 6.39 Å². The van der Waals surface area contributed by atoms with Crippen LogP contribution in [0.5, 0.6) is 5.75 Å². The number of carbonyl (C=O) groups excluding carboxylic acids is 1. The molecule has 23 heavy (non-hydrogen) atoms. The third-order valence-electron chi connectivity index (χ3n) is 3.22. The van der Waals surface area contributed by atoms with Gasteiger partial charge in [-0.15, -0.1) is 10.2 Å². The average Bonchev–Trinajstić information content (AvgIpc) is 3.09. The van der Waals surface area contributed by atoms with Crippen LogP contribution < -0.4 is 4.74 Å². The molecule has 0 aliphatic rings. The monoisotopic (exact) mass is 328 g/mol. The SMILES string of the molecule is O=C(CCc1ccc(Cl)cc1)Oc1ccc(-c2nnco2)cc1. The standard InChI is InChI=1S/C17H13ClN2O3/c18-14-6-1-12(2-7-14)3-10-16(21)23-15-8-4-13(5-9-15)17-20-19-11-22-17/h1-2,4-9,11H,3,10H2. The molecule has 1 heterocycles. The van der Waals surface area contributed by atoms with E-state index >= 15 is 0 Å². The van der Waals surface area contributed by atoms with Crippen molar-refractivity contribution in [2.45, 2.75) is 12.8 Å². The zero-order valence-corrected chi connectivity index (χ0v) is 12.9. The van der Waals surface area contributed by atoms with Gasteiger partial charge in [-0.2, -0.15) is 0 Å². The third kappa shape index (κ3) is 4.17. The Morgan fingerprint density at radius 3 is 2.48 bits per heavy atom. The molecule has 0 fully saturated rings. The van der Waals surface area contributed by atoms with Crippen molar-refractivity contribution in [1.82, 2.24) is 10.2 Å². The summed E-state index contributed by atoms with van der Waals surface area (Å²) in [6, 6.07) is 14.3. The number of hydrogen-bond donors (Lipinski definition) is 0. The van der Waals surface area contributed by atoms with Crippen LogP contribution in [0.1, 0.15) is 12.0 Å². The Morgan fingerprint density at radius 2 is 1.83 bits per heavy atom. The summed E-state index contributed by atoms with van der Waals surface area (Å²) in [5.74, 6) is 0.616. The Kier molecular flexibility index (Phi) is 4.68. The number of esters is 1. The van der Waals surface area contributed by atoms with Crippen LogP contribution in [-0.2, 0) is 11.2 Å². The van der Waals surface area contributed by atoms with Crippen molar-refractivity contribution in [2.75, 3.05) is 0 Å². The van der Waals surface area contributed by atoms with E-state index in [1.807, 2.05) is 12.1 Å². The van der Waals surface area contributed by atoms with Crippen molar-refractivity contribution < 1.29 is 13.9 Å². The normalized spacial score (nSPS) is 10.5. The van der Waals surface area contributed by atoms with E-state index in [2.05, 4.69) is 10.2 Å². The Morgan fingerprint density at radius 1 is 1.09 bits per heavy atom. The Labute approximate surface area is 137 Å². The highest BCUT2D eigenvalue weighted by molar-refractivity contribution is 6.30. The average molecular weight is 329 g/mol. The second kappa shape index (κ2) is 7.07. The van der Waals surface area contributed by atoms with Crippen LogP contribution in [0.4, 0.5) is 0 Å². The second-order valence-electron chi connectivity index (χ2n) is 4.87. The number of ether oxygens (including phenoxy) is 1. The maximum absolute atomic E-state index is 11.9. The summed E-state index contributed by atoms with van der Waals surface area (Å²) in [6.45, 7) is 0. The van der Waals surface area contributed by atoms with Crippen molar-refractivity contribution >= 4 is 17.6 Å². The van der Waals surface area contributed by atoms with Crippen molar-refractivity contribution in [2.24, 2.45) is 0 Å². The van der Waals surface area contributed by atoms with Crippen LogP contribution in [0.25, 0.3) is 11.5 Å². The summed E-state index contributed by atoms with van der Waals surface area (Å²) in [5.41, 5.74) is 1.81. The number of halogens is 1. The van der Waals surface area contributed by atoms with Crippen LogP contribution in [0.2, 0.25) is 5.02 Å². The molecule has 116 valence electrons. The number of aromatic nitrogens is 2. The van der Waals surface area contributed by atoms with E-state index in [0.717, 1.165) is 11.1 Å². The Balaban J connectivity index is 1.54. The van der Waals surface area contributed by atoms with Gasteiger partial charge in [-0.1, -0.05) is 23.7 Å². The first-order chi connectivity index (χ1) is 11.2. The predicted molar refractivity (Wildman–Crippen MR) is 85.1 cm³/mol. The van der Waals surface area contributed by atoms with E-state index in [4.69, 9.17) is 20.8 Å². The Hall–Kier alpha value is -2.66. The van der Waals surface area contributed by atoms with Crippen LogP contribution in [0.3, 0.4) is 0 Å². The van der Waals surface area contributed by atoms with E-state index in [0.29, 0.717) is 29.5 Å². The molecule has 0 saturated heterocycles. The molecule has 3 aromatic rings. The molecule has 0 amide bonds. The maximum Gasteiger partial charge on any atom is 0.311 e. The highest BCUT2D eigenvalue weighted by Crippen LogP contribution is 2.20. The second-order valence-corrected chi connectivity index (χ2v) is 5.31. The zero-order chi connectivity index (χ0) is 16.1. The van der Waals surface area contributed by atoms with Crippen molar-refractivity contribution in [1.29, 1.82) is 0 Å². The summed E-state index contributed by atoms with van der Waals surface area (Å²) >= 11 is 5.82. The lowest BCUT2D eigenvalue weighted by molar-refractivity contribution is -0.134. The Bertz CT molecular complexity index is 769. The fourth-order valence-corrected chi connectivity index (χ4v) is 2.17. The minimum Gasteiger partial charge on any atom is -0.427 e. The first-order valence-electron chi connectivity index (χ1n) is 7.02. The number of carbonyl (C=O) groups is 1. The molecule has 2 aromatic carbocycles. The van der Waals surface area contributed by atoms with Crippen LogP contribution in [-0.4, -0.2) is 16.2 Å². The van der Waals surface area contributed by atoms with E-state index in [1.54, 1.807) is 36.4 Å². The van der Waals surface area contributed by atoms with Gasteiger partial charge < -0.3 is 9.15 Å². The molecule has 0 spiro atoms. The molecule has 0 unspecified atom stereocenters. The largest absolute Gasteiger partial charge is 0.427 e. The van der Waals surface area contributed by atoms with Crippen LogP contribution in [0.15, 0.2) is 59.3 Å². The topological polar surface area (TPSA) is 65.2 Å². The molecule has 0 bridgehead atoms. The number of nitrogens with zero attached hydrogens (tertiary/aromatic N) is 2. The maximum atomic E-state index is 11.9. The first-order valence-corrected chi connectivity index (χ1v) is 7.40. The summed E-state index contributed by atoms with van der Waals surface area (Å²) in [5, 5.41) is 8.11. The minimum atomic E-state index is -0.287. The molecule has 1 aromatic heterocycles. The fourth-order valence-electron chi connectivity index (χ4n) is 2.04. The lowest BCUT2D eigenvalue weighted by Crippen LogP contribution is -2.08. The van der Waals surface area contributed by atoms with Crippen molar-refractivity contribution in [3.63, 3.8) is 0 Å². The van der Waals surface area contributed by atoms with Crippen molar-refractivity contribution in [3.8, 4) is 17.2 Å². The molecule has 3 rings (SSSR count). The minimum absolute atomic E-state index is 0.287. The van der Waals surface area contributed by atoms with Gasteiger partial charge >= 0.3 is 5.97 Å². The number of aryl methyl sites for hydroxylation is 1. The lowest BCUT2D eigenvalue weighted by atomic mass is 10.1. The summed E-state index contributed by atoms with van der Waals surface area (Å²) < 4.78 is 10.4. The highest BCUT2D eigenvalue weighted by atomic mass is 35.5. The van der Waals surface area contributed by atoms with Gasteiger partial charge in [0.15, 0.2) is 0 Å². The fraction of sp³-hybridized carbons (Fsp3) is 0.118. The van der Waals surface area contributed by atoms with Gasteiger partial charge in [0.1, 0.15) is 5.75 Å². The smallest absolute Gasteiger partial charge is 0.311 e. The number of rotatable bonds is 5. The molecular formula is C17H13ClN2O3. The van der Waals surface area contributed by atoms with E-state index in [9.17, 15) is 4.79 Å². The molecule has 0 N–H and O–H groups in total. The molecule has 6 heteroatoms. The number of hydrogen-bond acceptors (Lipinski definition) is 5. The van der Waals surface area contributed by atoms with E-state index in [-0.39, 0.29) is 5.97 Å². The molecule has 0 aliphatic heterocycles. The molecule has 0 aliphatic carbocycles. The lowest BCUT2D eigenvalue weighted by Gasteiger charge is -2.05. The predicted octanol–water partition coefficient (Wildman–Crippen LogP) is 3.93. The number of benzene rings is 2. The highest BCUT2D eigenvalue weighted by Gasteiger charge is 2.07. The van der Waals surface area contributed by atoms with Crippen molar-refractivity contribution in [3.05, 3.63) is 65.5 Å². The summed E-state index contributed by atoms with van der Waals surface area (Å²) in [7, 11) is 0. The molecule has 0 saturated carbocycles. The van der Waals surface area contributed by atoms with Crippen LogP contribution in [0, 0.1) is 0 Å². The third-order valence-corrected chi connectivity index (χ3v) is 3.48. The van der Waals surface area contributed by atoms with Gasteiger partial charge in [-0.3, -0.25) is 4.79 Å². The summed E-state index contributed by atoms with van der Waals surface area (Å²) in [6.07, 6.45) is 2.17. The zero-order valence-electron chi connectivity index (χ0n) is 12.1. The molecule has 0 radical (unpaired) electrons. The van der Waals surface area contributed by atoms with Gasteiger partial charge in [-0.05, 0) is 48.4 Å². The molecule has 0 atom stereocenters. The van der Waals surface area contributed by atoms with Gasteiger partial charge in [0.25, 0.3) is 0 Å². The van der Waals surface area contributed by atoms with Gasteiger partial charge in [0, 0.05) is 17.0 Å². The van der Waals surface area contributed by atoms with Gasteiger partial charge in [-0.25, -0.2) is 0 Å². The molecular weight excluding hydrogens is 316 g/mol. The quantitative estimate of drug-likeness (QED) is 0.524. The summed E-state index contributed by atoms with van der Waals surface area (Å²) in [4.78, 5) is 11.9.